The first kappa shape index (κ1) is 11.9. The van der Waals surface area contributed by atoms with E-state index in [0.29, 0.717) is 10.2 Å². The Morgan fingerprint density at radius 3 is 2.59 bits per heavy atom. The van der Waals surface area contributed by atoms with Crippen LogP contribution in [0.4, 0.5) is 21.5 Å². The second-order valence-corrected chi connectivity index (χ2v) is 4.68. The Labute approximate surface area is 108 Å². The molecular formula is C13H12BrFN2. The van der Waals surface area contributed by atoms with Crippen molar-refractivity contribution in [3.05, 3.63) is 52.3 Å². The largest absolute Gasteiger partial charge is 0.399 e. The van der Waals surface area contributed by atoms with E-state index >= 15 is 0 Å². The highest BCUT2D eigenvalue weighted by atomic mass is 79.9. The van der Waals surface area contributed by atoms with Crippen molar-refractivity contribution >= 4 is 33.0 Å². The van der Waals surface area contributed by atoms with Gasteiger partial charge in [0, 0.05) is 15.8 Å². The number of anilines is 3. The summed E-state index contributed by atoms with van der Waals surface area (Å²) in [5.74, 6) is -0.272. The number of hydrogen-bond acceptors (Lipinski definition) is 2. The van der Waals surface area contributed by atoms with Gasteiger partial charge in [-0.2, -0.15) is 0 Å². The second-order valence-electron chi connectivity index (χ2n) is 3.82. The minimum atomic E-state index is -0.272. The highest BCUT2D eigenvalue weighted by Crippen LogP contribution is 2.28. The van der Waals surface area contributed by atoms with Gasteiger partial charge in [0.2, 0.25) is 0 Å². The lowest BCUT2D eigenvalue weighted by Gasteiger charge is -2.11. The van der Waals surface area contributed by atoms with E-state index in [4.69, 9.17) is 5.73 Å². The van der Waals surface area contributed by atoms with E-state index in [2.05, 4.69) is 21.2 Å². The first-order chi connectivity index (χ1) is 8.06. The molecule has 0 fully saturated rings. The van der Waals surface area contributed by atoms with E-state index in [1.807, 2.05) is 25.1 Å². The van der Waals surface area contributed by atoms with Crippen molar-refractivity contribution in [1.29, 1.82) is 0 Å². The molecule has 0 aliphatic carbocycles. The van der Waals surface area contributed by atoms with Gasteiger partial charge in [-0.3, -0.25) is 0 Å². The Morgan fingerprint density at radius 2 is 1.88 bits per heavy atom. The van der Waals surface area contributed by atoms with E-state index < -0.39 is 0 Å². The summed E-state index contributed by atoms with van der Waals surface area (Å²) < 4.78 is 13.6. The molecule has 2 aromatic carbocycles. The Morgan fingerprint density at radius 1 is 1.12 bits per heavy atom. The lowest BCUT2D eigenvalue weighted by atomic mass is 10.1. The lowest BCUT2D eigenvalue weighted by molar-refractivity contribution is 0.627. The molecule has 0 aromatic heterocycles. The van der Waals surface area contributed by atoms with Gasteiger partial charge in [-0.1, -0.05) is 6.07 Å². The number of nitrogens with one attached hydrogen (secondary N) is 1. The third-order valence-corrected chi connectivity index (χ3v) is 3.12. The van der Waals surface area contributed by atoms with Crippen LogP contribution in [0.1, 0.15) is 5.56 Å². The Balaban J connectivity index is 2.34. The first-order valence-corrected chi connectivity index (χ1v) is 5.94. The van der Waals surface area contributed by atoms with Crippen LogP contribution in [-0.2, 0) is 0 Å². The number of nitrogens with two attached hydrogens (primary N) is 1. The van der Waals surface area contributed by atoms with Gasteiger partial charge in [0.25, 0.3) is 0 Å². The molecule has 0 bridgehead atoms. The maximum atomic E-state index is 13.0. The van der Waals surface area contributed by atoms with E-state index in [-0.39, 0.29) is 5.82 Å². The number of halogens is 2. The molecule has 17 heavy (non-hydrogen) atoms. The highest BCUT2D eigenvalue weighted by Gasteiger charge is 2.04. The van der Waals surface area contributed by atoms with E-state index in [1.165, 1.54) is 12.1 Å². The highest BCUT2D eigenvalue weighted by molar-refractivity contribution is 9.10. The summed E-state index contributed by atoms with van der Waals surface area (Å²) in [4.78, 5) is 0. The third-order valence-electron chi connectivity index (χ3n) is 2.46. The Kier molecular flexibility index (Phi) is 3.33. The molecule has 0 spiro atoms. The average molecular weight is 295 g/mol. The monoisotopic (exact) mass is 294 g/mol. The van der Waals surface area contributed by atoms with Crippen molar-refractivity contribution in [2.24, 2.45) is 0 Å². The molecule has 4 heteroatoms. The number of rotatable bonds is 2. The van der Waals surface area contributed by atoms with Crippen LogP contribution in [0.15, 0.2) is 40.9 Å². The SMILES string of the molecule is Cc1ccc(N)cc1Nc1ccc(F)cc1Br. The molecule has 0 heterocycles. The minimum absolute atomic E-state index is 0.272. The van der Waals surface area contributed by atoms with Crippen molar-refractivity contribution < 1.29 is 4.39 Å². The van der Waals surface area contributed by atoms with E-state index in [1.54, 1.807) is 6.07 Å². The molecule has 3 N–H and O–H groups in total. The molecule has 0 saturated heterocycles. The van der Waals surface area contributed by atoms with Gasteiger partial charge in [-0.25, -0.2) is 4.39 Å². The first-order valence-electron chi connectivity index (χ1n) is 5.14. The number of nitrogen functional groups attached to an aromatic ring is 1. The van der Waals surface area contributed by atoms with Gasteiger partial charge in [0.15, 0.2) is 0 Å². The van der Waals surface area contributed by atoms with Crippen LogP contribution in [0, 0.1) is 12.7 Å². The third kappa shape index (κ3) is 2.77. The standard InChI is InChI=1S/C13H12BrFN2/c1-8-2-4-10(16)7-13(8)17-12-5-3-9(15)6-11(12)14/h2-7,17H,16H2,1H3. The van der Waals surface area contributed by atoms with Gasteiger partial charge >= 0.3 is 0 Å². The summed E-state index contributed by atoms with van der Waals surface area (Å²) in [7, 11) is 0. The summed E-state index contributed by atoms with van der Waals surface area (Å²) in [6, 6.07) is 10.2. The number of hydrogen-bond donors (Lipinski definition) is 2. The fourth-order valence-corrected chi connectivity index (χ4v) is 1.96. The van der Waals surface area contributed by atoms with Crippen LogP contribution in [0.5, 0.6) is 0 Å². The molecule has 0 aliphatic rings. The molecule has 0 unspecified atom stereocenters. The summed E-state index contributed by atoms with van der Waals surface area (Å²) in [5.41, 5.74) is 9.22. The zero-order valence-corrected chi connectivity index (χ0v) is 10.9. The summed E-state index contributed by atoms with van der Waals surface area (Å²) in [5, 5.41) is 3.21. The quantitative estimate of drug-likeness (QED) is 0.814. The molecule has 2 rings (SSSR count). The molecule has 0 amide bonds. The molecule has 0 aliphatic heterocycles. The fourth-order valence-electron chi connectivity index (χ4n) is 1.51. The van der Waals surface area contributed by atoms with Crippen molar-refractivity contribution in [3.63, 3.8) is 0 Å². The summed E-state index contributed by atoms with van der Waals surface area (Å²) >= 11 is 3.31. The minimum Gasteiger partial charge on any atom is -0.399 e. The van der Waals surface area contributed by atoms with Gasteiger partial charge in [0.1, 0.15) is 5.82 Å². The fraction of sp³-hybridized carbons (Fsp3) is 0.0769. The van der Waals surface area contributed by atoms with Crippen molar-refractivity contribution in [1.82, 2.24) is 0 Å². The predicted octanol–water partition coefficient (Wildman–Crippen LogP) is 4.22. The second kappa shape index (κ2) is 4.75. The normalized spacial score (nSPS) is 10.3. The summed E-state index contributed by atoms with van der Waals surface area (Å²) in [6.45, 7) is 1.99. The number of benzene rings is 2. The van der Waals surface area contributed by atoms with Crippen molar-refractivity contribution in [2.75, 3.05) is 11.1 Å². The predicted molar refractivity (Wildman–Crippen MR) is 73.0 cm³/mol. The average Bonchev–Trinajstić information content (AvgIpc) is 2.27. The maximum absolute atomic E-state index is 13.0. The van der Waals surface area contributed by atoms with Gasteiger partial charge < -0.3 is 11.1 Å². The molecule has 0 radical (unpaired) electrons. The molecule has 88 valence electrons. The lowest BCUT2D eigenvalue weighted by Crippen LogP contribution is -1.96. The maximum Gasteiger partial charge on any atom is 0.124 e. The molecule has 0 atom stereocenters. The van der Waals surface area contributed by atoms with Gasteiger partial charge in [-0.05, 0) is 58.7 Å². The van der Waals surface area contributed by atoms with Crippen molar-refractivity contribution in [3.8, 4) is 0 Å². The van der Waals surface area contributed by atoms with Crippen LogP contribution in [0.2, 0.25) is 0 Å². The topological polar surface area (TPSA) is 38.0 Å². The van der Waals surface area contributed by atoms with E-state index in [9.17, 15) is 4.39 Å². The molecular weight excluding hydrogens is 283 g/mol. The van der Waals surface area contributed by atoms with Crippen molar-refractivity contribution in [2.45, 2.75) is 6.92 Å². The van der Waals surface area contributed by atoms with Gasteiger partial charge in [-0.15, -0.1) is 0 Å². The number of aryl methyl sites for hydroxylation is 1. The smallest absolute Gasteiger partial charge is 0.124 e. The van der Waals surface area contributed by atoms with Crippen LogP contribution in [0.3, 0.4) is 0 Å². The molecule has 0 saturated carbocycles. The zero-order valence-electron chi connectivity index (χ0n) is 9.30. The summed E-state index contributed by atoms with van der Waals surface area (Å²) in [6.07, 6.45) is 0. The van der Waals surface area contributed by atoms with Gasteiger partial charge in [0.05, 0.1) is 5.69 Å². The zero-order chi connectivity index (χ0) is 12.4. The Hall–Kier alpha value is -1.55. The van der Waals surface area contributed by atoms with Crippen LogP contribution in [-0.4, -0.2) is 0 Å². The molecule has 2 nitrogen and oxygen atoms in total. The molecule has 2 aromatic rings. The Bertz CT molecular complexity index is 555. The van der Waals surface area contributed by atoms with Crippen LogP contribution in [0.25, 0.3) is 0 Å². The van der Waals surface area contributed by atoms with Crippen LogP contribution < -0.4 is 11.1 Å². The van der Waals surface area contributed by atoms with Crippen LogP contribution >= 0.6 is 15.9 Å². The van der Waals surface area contributed by atoms with E-state index in [0.717, 1.165) is 16.9 Å².